The summed E-state index contributed by atoms with van der Waals surface area (Å²) in [5, 5.41) is 0. The van der Waals surface area contributed by atoms with Gasteiger partial charge in [0.1, 0.15) is 0 Å². The molecule has 0 aliphatic heterocycles. The van der Waals surface area contributed by atoms with E-state index in [4.69, 9.17) is 9.47 Å². The minimum Gasteiger partial charge on any atom is -0.487 e. The molecule has 1 aromatic heterocycles. The fraction of sp³-hybridized carbons (Fsp3) is 0.500. The first-order valence-electron chi connectivity index (χ1n) is 4.04. The zero-order valence-electron chi connectivity index (χ0n) is 7.66. The standard InChI is InChI=1S/C8H12N2O3/c1-3-4-13-8-6(12-2)7(11)9-5-10-8/h5H,3-4H2,1-2H3,(H,9,10,11). The van der Waals surface area contributed by atoms with Crippen LogP contribution in [-0.4, -0.2) is 23.7 Å². The molecular weight excluding hydrogens is 172 g/mol. The van der Waals surface area contributed by atoms with Crippen molar-refractivity contribution in [1.82, 2.24) is 9.97 Å². The second kappa shape index (κ2) is 4.49. The third-order valence-corrected chi connectivity index (χ3v) is 1.42. The van der Waals surface area contributed by atoms with Crippen LogP contribution < -0.4 is 15.0 Å². The van der Waals surface area contributed by atoms with Crippen LogP contribution in [0.2, 0.25) is 0 Å². The fourth-order valence-corrected chi connectivity index (χ4v) is 0.852. The lowest BCUT2D eigenvalue weighted by Gasteiger charge is -2.06. The van der Waals surface area contributed by atoms with Crippen molar-refractivity contribution in [2.24, 2.45) is 0 Å². The van der Waals surface area contributed by atoms with E-state index in [0.29, 0.717) is 6.61 Å². The zero-order valence-corrected chi connectivity index (χ0v) is 7.66. The summed E-state index contributed by atoms with van der Waals surface area (Å²) in [7, 11) is 1.41. The largest absolute Gasteiger partial charge is 0.487 e. The molecule has 0 unspecified atom stereocenters. The number of methoxy groups -OCH3 is 1. The number of nitrogens with zero attached hydrogens (tertiary/aromatic N) is 1. The Hall–Kier alpha value is -1.52. The van der Waals surface area contributed by atoms with Gasteiger partial charge in [-0.2, -0.15) is 0 Å². The number of H-pyrrole nitrogens is 1. The highest BCUT2D eigenvalue weighted by atomic mass is 16.5. The molecule has 0 aliphatic carbocycles. The van der Waals surface area contributed by atoms with Crippen LogP contribution in [0.25, 0.3) is 0 Å². The predicted molar refractivity (Wildman–Crippen MR) is 47.2 cm³/mol. The molecule has 1 rings (SSSR count). The number of aromatic amines is 1. The van der Waals surface area contributed by atoms with Gasteiger partial charge in [0.2, 0.25) is 5.75 Å². The SMILES string of the molecule is CCCOc1nc[nH]c(=O)c1OC. The Kier molecular flexibility index (Phi) is 3.31. The van der Waals surface area contributed by atoms with Crippen molar-refractivity contribution in [3.63, 3.8) is 0 Å². The average Bonchev–Trinajstić information content (AvgIpc) is 2.15. The van der Waals surface area contributed by atoms with Crippen molar-refractivity contribution in [3.05, 3.63) is 16.7 Å². The molecule has 0 spiro atoms. The van der Waals surface area contributed by atoms with Gasteiger partial charge in [-0.05, 0) is 6.42 Å². The molecule has 0 atom stereocenters. The monoisotopic (exact) mass is 184 g/mol. The summed E-state index contributed by atoms with van der Waals surface area (Å²) >= 11 is 0. The van der Waals surface area contributed by atoms with Crippen LogP contribution >= 0.6 is 0 Å². The summed E-state index contributed by atoms with van der Waals surface area (Å²) in [5.74, 6) is 0.365. The smallest absolute Gasteiger partial charge is 0.297 e. The van der Waals surface area contributed by atoms with Gasteiger partial charge in [0.25, 0.3) is 11.4 Å². The Bertz CT molecular complexity index is 321. The van der Waals surface area contributed by atoms with Gasteiger partial charge in [0.15, 0.2) is 0 Å². The number of aromatic nitrogens is 2. The lowest BCUT2D eigenvalue weighted by Crippen LogP contribution is -2.12. The Labute approximate surface area is 75.7 Å². The van der Waals surface area contributed by atoms with E-state index >= 15 is 0 Å². The summed E-state index contributed by atoms with van der Waals surface area (Å²) in [6.07, 6.45) is 2.15. The maximum absolute atomic E-state index is 11.1. The predicted octanol–water partition coefficient (Wildman–Crippen LogP) is 0.567. The van der Waals surface area contributed by atoms with Crippen molar-refractivity contribution in [3.8, 4) is 11.6 Å². The number of hydrogen-bond acceptors (Lipinski definition) is 4. The minimum atomic E-state index is -0.330. The molecule has 0 amide bonds. The molecule has 0 aromatic carbocycles. The quantitative estimate of drug-likeness (QED) is 0.742. The van der Waals surface area contributed by atoms with Crippen LogP contribution in [0.5, 0.6) is 11.6 Å². The van der Waals surface area contributed by atoms with Crippen molar-refractivity contribution < 1.29 is 9.47 Å². The van der Waals surface area contributed by atoms with Gasteiger partial charge in [-0.1, -0.05) is 6.92 Å². The molecule has 1 heterocycles. The minimum absolute atomic E-state index is 0.121. The van der Waals surface area contributed by atoms with Crippen molar-refractivity contribution in [1.29, 1.82) is 0 Å². The molecule has 5 heteroatoms. The highest BCUT2D eigenvalue weighted by molar-refractivity contribution is 5.29. The lowest BCUT2D eigenvalue weighted by atomic mass is 10.5. The summed E-state index contributed by atoms with van der Waals surface area (Å²) in [6.45, 7) is 2.49. The maximum atomic E-state index is 11.1. The number of rotatable bonds is 4. The van der Waals surface area contributed by atoms with E-state index < -0.39 is 0 Å². The molecular formula is C8H12N2O3. The fourth-order valence-electron chi connectivity index (χ4n) is 0.852. The van der Waals surface area contributed by atoms with E-state index in [-0.39, 0.29) is 17.2 Å². The number of nitrogens with one attached hydrogen (secondary N) is 1. The molecule has 5 nitrogen and oxygen atoms in total. The molecule has 0 aliphatic rings. The topological polar surface area (TPSA) is 64.2 Å². The van der Waals surface area contributed by atoms with Gasteiger partial charge in [-0.15, -0.1) is 0 Å². The van der Waals surface area contributed by atoms with Crippen molar-refractivity contribution in [2.75, 3.05) is 13.7 Å². The van der Waals surface area contributed by atoms with E-state index in [9.17, 15) is 4.79 Å². The van der Waals surface area contributed by atoms with Gasteiger partial charge < -0.3 is 14.5 Å². The highest BCUT2D eigenvalue weighted by Gasteiger charge is 2.08. The van der Waals surface area contributed by atoms with E-state index in [0.717, 1.165) is 6.42 Å². The Morgan fingerprint density at radius 3 is 3.00 bits per heavy atom. The molecule has 0 radical (unpaired) electrons. The summed E-state index contributed by atoms with van der Waals surface area (Å²) in [4.78, 5) is 17.4. The number of hydrogen-bond donors (Lipinski definition) is 1. The van der Waals surface area contributed by atoms with Crippen molar-refractivity contribution in [2.45, 2.75) is 13.3 Å². The van der Waals surface area contributed by atoms with Gasteiger partial charge in [0.05, 0.1) is 20.0 Å². The first-order chi connectivity index (χ1) is 6.29. The second-order valence-electron chi connectivity index (χ2n) is 2.42. The molecule has 0 saturated carbocycles. The molecule has 0 saturated heterocycles. The maximum Gasteiger partial charge on any atom is 0.297 e. The highest BCUT2D eigenvalue weighted by Crippen LogP contribution is 2.16. The zero-order chi connectivity index (χ0) is 9.68. The Balaban J connectivity index is 2.92. The third kappa shape index (κ3) is 2.21. The Morgan fingerprint density at radius 2 is 2.38 bits per heavy atom. The first kappa shape index (κ1) is 9.57. The van der Waals surface area contributed by atoms with Crippen LogP contribution in [-0.2, 0) is 0 Å². The third-order valence-electron chi connectivity index (χ3n) is 1.42. The first-order valence-corrected chi connectivity index (χ1v) is 4.04. The van der Waals surface area contributed by atoms with Crippen LogP contribution in [0.1, 0.15) is 13.3 Å². The van der Waals surface area contributed by atoms with Gasteiger partial charge in [-0.25, -0.2) is 4.98 Å². The lowest BCUT2D eigenvalue weighted by molar-refractivity contribution is 0.279. The molecule has 0 bridgehead atoms. The summed E-state index contributed by atoms with van der Waals surface area (Å²) < 4.78 is 10.0. The van der Waals surface area contributed by atoms with Crippen LogP contribution in [0.4, 0.5) is 0 Å². The van der Waals surface area contributed by atoms with Crippen LogP contribution in [0, 0.1) is 0 Å². The molecule has 13 heavy (non-hydrogen) atoms. The molecule has 0 fully saturated rings. The Morgan fingerprint density at radius 1 is 1.62 bits per heavy atom. The van der Waals surface area contributed by atoms with Gasteiger partial charge >= 0.3 is 0 Å². The summed E-state index contributed by atoms with van der Waals surface area (Å²) in [5.41, 5.74) is -0.330. The number of ether oxygens (including phenoxy) is 2. The van der Waals surface area contributed by atoms with E-state index in [1.54, 1.807) is 0 Å². The van der Waals surface area contributed by atoms with E-state index in [1.165, 1.54) is 13.4 Å². The normalized spacial score (nSPS) is 9.69. The van der Waals surface area contributed by atoms with Crippen LogP contribution in [0.3, 0.4) is 0 Å². The van der Waals surface area contributed by atoms with E-state index in [2.05, 4.69) is 9.97 Å². The molecule has 72 valence electrons. The van der Waals surface area contributed by atoms with E-state index in [1.807, 2.05) is 6.92 Å². The van der Waals surface area contributed by atoms with Gasteiger partial charge in [-0.3, -0.25) is 4.79 Å². The average molecular weight is 184 g/mol. The second-order valence-corrected chi connectivity index (χ2v) is 2.42. The van der Waals surface area contributed by atoms with Crippen LogP contribution in [0.15, 0.2) is 11.1 Å². The molecule has 1 N–H and O–H groups in total. The molecule has 1 aromatic rings. The van der Waals surface area contributed by atoms with Crippen molar-refractivity contribution >= 4 is 0 Å². The summed E-state index contributed by atoms with van der Waals surface area (Å²) in [6, 6.07) is 0. The van der Waals surface area contributed by atoms with Gasteiger partial charge in [0, 0.05) is 0 Å².